The smallest absolute Gasteiger partial charge is 0.271 e. The number of carbonyl (C=O) groups is 1. The molecule has 1 heterocycles. The van der Waals surface area contributed by atoms with Crippen molar-refractivity contribution in [1.82, 2.24) is 15.5 Å². The first-order valence-corrected chi connectivity index (χ1v) is 7.09. The molecule has 0 bridgehead atoms. The Kier molecular flexibility index (Phi) is 5.12. The Hall–Kier alpha value is -1.65. The summed E-state index contributed by atoms with van der Waals surface area (Å²) in [5.74, 6) is 1.41. The number of nitrogens with zero attached hydrogens (tertiary/aromatic N) is 2. The lowest BCUT2D eigenvalue weighted by Crippen LogP contribution is -2.26. The fourth-order valence-corrected chi connectivity index (χ4v) is 2.57. The van der Waals surface area contributed by atoms with Crippen LogP contribution in [0.15, 0.2) is 12.1 Å². The van der Waals surface area contributed by atoms with Crippen molar-refractivity contribution in [3.8, 4) is 0 Å². The molecular weight excluding hydrogens is 240 g/mol. The summed E-state index contributed by atoms with van der Waals surface area (Å²) in [5.41, 5.74) is 0.375. The van der Waals surface area contributed by atoms with E-state index in [9.17, 15) is 4.79 Å². The highest BCUT2D eigenvalue weighted by molar-refractivity contribution is 5.92. The number of rotatable bonds is 6. The standard InChI is InChI=1S/C14H22N4O/c1-15-13-9-8-12(17-18-13)14(19)16-10-4-7-11-5-2-3-6-11/h8-9,11H,2-7,10H2,1H3,(H,15,18)(H,16,19). The van der Waals surface area contributed by atoms with Gasteiger partial charge in [0.05, 0.1) is 0 Å². The summed E-state index contributed by atoms with van der Waals surface area (Å²) < 4.78 is 0. The molecule has 0 spiro atoms. The van der Waals surface area contributed by atoms with E-state index in [0.29, 0.717) is 11.5 Å². The van der Waals surface area contributed by atoms with E-state index in [1.807, 2.05) is 0 Å². The van der Waals surface area contributed by atoms with Crippen LogP contribution in [-0.4, -0.2) is 29.7 Å². The molecule has 1 aliphatic rings. The lowest BCUT2D eigenvalue weighted by molar-refractivity contribution is 0.0946. The largest absolute Gasteiger partial charge is 0.372 e. The van der Waals surface area contributed by atoms with E-state index in [2.05, 4.69) is 20.8 Å². The van der Waals surface area contributed by atoms with Gasteiger partial charge in [0.2, 0.25) is 0 Å². The minimum atomic E-state index is -0.137. The molecule has 1 amide bonds. The van der Waals surface area contributed by atoms with Gasteiger partial charge in [0.15, 0.2) is 5.69 Å². The van der Waals surface area contributed by atoms with Crippen molar-refractivity contribution in [1.29, 1.82) is 0 Å². The second-order valence-electron chi connectivity index (χ2n) is 5.10. The van der Waals surface area contributed by atoms with Gasteiger partial charge in [0.25, 0.3) is 5.91 Å². The summed E-state index contributed by atoms with van der Waals surface area (Å²) in [5, 5.41) is 13.5. The highest BCUT2D eigenvalue weighted by Gasteiger charge is 2.14. The van der Waals surface area contributed by atoms with Crippen LogP contribution in [0, 0.1) is 5.92 Å². The van der Waals surface area contributed by atoms with E-state index >= 15 is 0 Å². The Morgan fingerprint density at radius 1 is 1.32 bits per heavy atom. The third-order valence-corrected chi connectivity index (χ3v) is 3.70. The van der Waals surface area contributed by atoms with E-state index in [-0.39, 0.29) is 5.91 Å². The summed E-state index contributed by atoms with van der Waals surface area (Å²) in [6.45, 7) is 0.727. The van der Waals surface area contributed by atoms with E-state index in [1.165, 1.54) is 32.1 Å². The van der Waals surface area contributed by atoms with Crippen LogP contribution >= 0.6 is 0 Å². The van der Waals surface area contributed by atoms with E-state index < -0.39 is 0 Å². The molecule has 0 radical (unpaired) electrons. The second-order valence-corrected chi connectivity index (χ2v) is 5.10. The van der Waals surface area contributed by atoms with Gasteiger partial charge in [0.1, 0.15) is 5.82 Å². The van der Waals surface area contributed by atoms with E-state index in [0.717, 1.165) is 18.9 Å². The van der Waals surface area contributed by atoms with Crippen molar-refractivity contribution >= 4 is 11.7 Å². The van der Waals surface area contributed by atoms with Gasteiger partial charge in [-0.1, -0.05) is 25.7 Å². The molecule has 1 fully saturated rings. The van der Waals surface area contributed by atoms with Gasteiger partial charge < -0.3 is 10.6 Å². The fourth-order valence-electron chi connectivity index (χ4n) is 2.57. The predicted molar refractivity (Wildman–Crippen MR) is 75.1 cm³/mol. The normalized spacial score (nSPS) is 15.4. The van der Waals surface area contributed by atoms with Crippen LogP contribution in [-0.2, 0) is 0 Å². The number of aromatic nitrogens is 2. The first kappa shape index (κ1) is 13.8. The first-order chi connectivity index (χ1) is 9.29. The third-order valence-electron chi connectivity index (χ3n) is 3.70. The average molecular weight is 262 g/mol. The molecule has 0 saturated heterocycles. The minimum Gasteiger partial charge on any atom is -0.372 e. The number of hydrogen-bond acceptors (Lipinski definition) is 4. The Balaban J connectivity index is 1.68. The summed E-state index contributed by atoms with van der Waals surface area (Å²) in [7, 11) is 1.77. The van der Waals surface area contributed by atoms with Crippen molar-refractivity contribution in [3.05, 3.63) is 17.8 Å². The molecule has 1 aromatic heterocycles. The Labute approximate surface area is 114 Å². The first-order valence-electron chi connectivity index (χ1n) is 7.09. The van der Waals surface area contributed by atoms with Crippen molar-refractivity contribution in [3.63, 3.8) is 0 Å². The second kappa shape index (κ2) is 7.07. The Morgan fingerprint density at radius 2 is 2.11 bits per heavy atom. The van der Waals surface area contributed by atoms with Crippen molar-refractivity contribution in [2.45, 2.75) is 38.5 Å². The number of nitrogens with one attached hydrogen (secondary N) is 2. The summed E-state index contributed by atoms with van der Waals surface area (Å²) in [6, 6.07) is 3.44. The molecular formula is C14H22N4O. The molecule has 104 valence electrons. The van der Waals surface area contributed by atoms with Crippen LogP contribution < -0.4 is 10.6 Å². The van der Waals surface area contributed by atoms with Crippen molar-refractivity contribution in [2.75, 3.05) is 18.9 Å². The van der Waals surface area contributed by atoms with Crippen LogP contribution in [0.5, 0.6) is 0 Å². The SMILES string of the molecule is CNc1ccc(C(=O)NCCCC2CCCC2)nn1. The molecule has 0 unspecified atom stereocenters. The lowest BCUT2D eigenvalue weighted by Gasteiger charge is -2.09. The fraction of sp³-hybridized carbons (Fsp3) is 0.643. The lowest BCUT2D eigenvalue weighted by atomic mass is 10.0. The summed E-state index contributed by atoms with van der Waals surface area (Å²) in [4.78, 5) is 11.8. The molecule has 0 atom stereocenters. The average Bonchev–Trinajstić information content (AvgIpc) is 2.96. The van der Waals surface area contributed by atoms with Crippen LogP contribution in [0.2, 0.25) is 0 Å². The Bertz CT molecular complexity index is 398. The van der Waals surface area contributed by atoms with Gasteiger partial charge in [-0.05, 0) is 30.9 Å². The maximum absolute atomic E-state index is 11.8. The topological polar surface area (TPSA) is 66.9 Å². The number of anilines is 1. The molecule has 2 N–H and O–H groups in total. The number of hydrogen-bond donors (Lipinski definition) is 2. The van der Waals surface area contributed by atoms with Crippen LogP contribution in [0.25, 0.3) is 0 Å². The molecule has 0 aliphatic heterocycles. The summed E-state index contributed by atoms with van der Waals surface area (Å²) >= 11 is 0. The molecule has 2 rings (SSSR count). The van der Waals surface area contributed by atoms with E-state index in [4.69, 9.17) is 0 Å². The quantitative estimate of drug-likeness (QED) is 0.771. The maximum atomic E-state index is 11.8. The maximum Gasteiger partial charge on any atom is 0.271 e. The van der Waals surface area contributed by atoms with Gasteiger partial charge in [0, 0.05) is 13.6 Å². The zero-order chi connectivity index (χ0) is 13.5. The van der Waals surface area contributed by atoms with Crippen LogP contribution in [0.4, 0.5) is 5.82 Å². The number of amides is 1. The molecule has 5 heteroatoms. The highest BCUT2D eigenvalue weighted by Crippen LogP contribution is 2.28. The van der Waals surface area contributed by atoms with Crippen molar-refractivity contribution in [2.24, 2.45) is 5.92 Å². The van der Waals surface area contributed by atoms with Gasteiger partial charge >= 0.3 is 0 Å². The van der Waals surface area contributed by atoms with Crippen molar-refractivity contribution < 1.29 is 4.79 Å². The molecule has 1 aromatic rings. The molecule has 1 saturated carbocycles. The summed E-state index contributed by atoms with van der Waals surface area (Å²) in [6.07, 6.45) is 7.77. The van der Waals surface area contributed by atoms with Gasteiger partial charge in [-0.25, -0.2) is 0 Å². The predicted octanol–water partition coefficient (Wildman–Crippen LogP) is 2.22. The zero-order valence-corrected chi connectivity index (χ0v) is 11.5. The minimum absolute atomic E-state index is 0.137. The van der Waals surface area contributed by atoms with Crippen LogP contribution in [0.3, 0.4) is 0 Å². The molecule has 0 aromatic carbocycles. The monoisotopic (exact) mass is 262 g/mol. The third kappa shape index (κ3) is 4.19. The Morgan fingerprint density at radius 3 is 2.74 bits per heavy atom. The molecule has 1 aliphatic carbocycles. The molecule has 19 heavy (non-hydrogen) atoms. The number of carbonyl (C=O) groups excluding carboxylic acids is 1. The van der Waals surface area contributed by atoms with Gasteiger partial charge in [-0.15, -0.1) is 10.2 Å². The highest BCUT2D eigenvalue weighted by atomic mass is 16.1. The molecule has 5 nitrogen and oxygen atoms in total. The van der Waals surface area contributed by atoms with Crippen LogP contribution in [0.1, 0.15) is 49.0 Å². The zero-order valence-electron chi connectivity index (χ0n) is 11.5. The van der Waals surface area contributed by atoms with Gasteiger partial charge in [-0.3, -0.25) is 4.79 Å². The van der Waals surface area contributed by atoms with E-state index in [1.54, 1.807) is 19.2 Å². The van der Waals surface area contributed by atoms with Gasteiger partial charge in [-0.2, -0.15) is 0 Å².